The maximum absolute atomic E-state index is 11.9. The molecule has 0 aromatic carbocycles. The number of aromatic nitrogens is 1. The fourth-order valence-electron chi connectivity index (χ4n) is 1.61. The highest BCUT2D eigenvalue weighted by molar-refractivity contribution is 9.10. The van der Waals surface area contributed by atoms with Crippen molar-refractivity contribution in [2.24, 2.45) is 0 Å². The highest BCUT2D eigenvalue weighted by Gasteiger charge is 2.27. The van der Waals surface area contributed by atoms with Crippen LogP contribution in [0.1, 0.15) is 36.3 Å². The Labute approximate surface area is 103 Å². The Kier molecular flexibility index (Phi) is 3.35. The van der Waals surface area contributed by atoms with Gasteiger partial charge in [-0.2, -0.15) is 0 Å². The van der Waals surface area contributed by atoms with Crippen LogP contribution in [-0.2, 0) is 0 Å². The summed E-state index contributed by atoms with van der Waals surface area (Å²) < 4.78 is 2.92. The Morgan fingerprint density at radius 3 is 3.00 bits per heavy atom. The Balaban J connectivity index is 2.09. The van der Waals surface area contributed by atoms with Crippen molar-refractivity contribution < 1.29 is 9.90 Å². The number of halogens is 1. The number of nitrogens with zero attached hydrogens (tertiary/aromatic N) is 1. The minimum Gasteiger partial charge on any atom is -0.392 e. The molecule has 1 atom stereocenters. The molecule has 1 heterocycles. The van der Waals surface area contributed by atoms with Crippen LogP contribution in [0.3, 0.4) is 0 Å². The number of rotatable bonds is 4. The van der Waals surface area contributed by atoms with E-state index in [2.05, 4.69) is 21.2 Å². The average molecular weight is 287 g/mol. The number of carbonyl (C=O) groups is 1. The largest absolute Gasteiger partial charge is 0.392 e. The van der Waals surface area contributed by atoms with Gasteiger partial charge in [-0.15, -0.1) is 0 Å². The highest BCUT2D eigenvalue weighted by Crippen LogP contribution is 2.37. The SMILES string of the molecule is C[C@H](O)CNC(=O)c1cc(Br)cn1C1CC1. The van der Waals surface area contributed by atoms with Gasteiger partial charge in [-0.05, 0) is 41.8 Å². The maximum atomic E-state index is 11.9. The second-order valence-electron chi connectivity index (χ2n) is 4.24. The van der Waals surface area contributed by atoms with Crippen LogP contribution in [0.4, 0.5) is 0 Å². The van der Waals surface area contributed by atoms with Gasteiger partial charge in [0.2, 0.25) is 0 Å². The van der Waals surface area contributed by atoms with Gasteiger partial charge >= 0.3 is 0 Å². The maximum Gasteiger partial charge on any atom is 0.268 e. The van der Waals surface area contributed by atoms with E-state index in [4.69, 9.17) is 5.11 Å². The molecular formula is C11H15BrN2O2. The molecule has 1 aromatic heterocycles. The van der Waals surface area contributed by atoms with Gasteiger partial charge in [0, 0.05) is 23.3 Å². The Hall–Kier alpha value is -0.810. The zero-order valence-corrected chi connectivity index (χ0v) is 10.7. The number of aliphatic hydroxyl groups excluding tert-OH is 1. The van der Waals surface area contributed by atoms with Crippen molar-refractivity contribution in [3.8, 4) is 0 Å². The molecule has 0 radical (unpaired) electrons. The third kappa shape index (κ3) is 2.65. The Morgan fingerprint density at radius 1 is 1.75 bits per heavy atom. The van der Waals surface area contributed by atoms with E-state index in [1.807, 2.05) is 16.8 Å². The fourth-order valence-corrected chi connectivity index (χ4v) is 2.05. The van der Waals surface area contributed by atoms with Crippen molar-refractivity contribution >= 4 is 21.8 Å². The normalized spacial score (nSPS) is 17.2. The van der Waals surface area contributed by atoms with Crippen LogP contribution in [0.2, 0.25) is 0 Å². The second kappa shape index (κ2) is 4.59. The lowest BCUT2D eigenvalue weighted by molar-refractivity contribution is 0.0914. The summed E-state index contributed by atoms with van der Waals surface area (Å²) in [6, 6.07) is 2.29. The van der Waals surface area contributed by atoms with E-state index in [0.29, 0.717) is 11.7 Å². The monoisotopic (exact) mass is 286 g/mol. The molecule has 0 spiro atoms. The summed E-state index contributed by atoms with van der Waals surface area (Å²) in [6.07, 6.45) is 3.70. The third-order valence-corrected chi connectivity index (χ3v) is 2.98. The third-order valence-electron chi connectivity index (χ3n) is 2.55. The molecule has 1 fully saturated rings. The first-order valence-corrected chi connectivity index (χ1v) is 6.21. The summed E-state index contributed by atoms with van der Waals surface area (Å²) in [5.74, 6) is -0.126. The number of carbonyl (C=O) groups excluding carboxylic acids is 1. The summed E-state index contributed by atoms with van der Waals surface area (Å²) in [7, 11) is 0. The van der Waals surface area contributed by atoms with E-state index in [-0.39, 0.29) is 12.5 Å². The molecule has 5 heteroatoms. The first-order valence-electron chi connectivity index (χ1n) is 5.41. The molecular weight excluding hydrogens is 272 g/mol. The minimum atomic E-state index is -0.517. The van der Waals surface area contributed by atoms with Gasteiger partial charge in [0.1, 0.15) is 5.69 Å². The van der Waals surface area contributed by atoms with Gasteiger partial charge in [-0.1, -0.05) is 0 Å². The molecule has 16 heavy (non-hydrogen) atoms. The predicted molar refractivity (Wildman–Crippen MR) is 64.4 cm³/mol. The van der Waals surface area contributed by atoms with E-state index in [0.717, 1.165) is 17.3 Å². The zero-order valence-electron chi connectivity index (χ0n) is 9.11. The molecule has 2 rings (SSSR count). The zero-order chi connectivity index (χ0) is 11.7. The number of hydrogen-bond donors (Lipinski definition) is 2. The topological polar surface area (TPSA) is 54.3 Å². The van der Waals surface area contributed by atoms with Crippen LogP contribution in [-0.4, -0.2) is 28.2 Å². The van der Waals surface area contributed by atoms with Gasteiger partial charge in [0.15, 0.2) is 0 Å². The summed E-state index contributed by atoms with van der Waals surface area (Å²) in [5.41, 5.74) is 0.662. The van der Waals surface area contributed by atoms with E-state index >= 15 is 0 Å². The molecule has 0 unspecified atom stereocenters. The minimum absolute atomic E-state index is 0.126. The van der Waals surface area contributed by atoms with Gasteiger partial charge in [0.05, 0.1) is 6.10 Å². The standard InChI is InChI=1S/C11H15BrN2O2/c1-7(15)5-13-11(16)10-4-8(12)6-14(10)9-2-3-9/h4,6-7,9,15H,2-3,5H2,1H3,(H,13,16)/t7-/m0/s1. The van der Waals surface area contributed by atoms with Crippen molar-refractivity contribution in [1.82, 2.24) is 9.88 Å². The highest BCUT2D eigenvalue weighted by atomic mass is 79.9. The van der Waals surface area contributed by atoms with Crippen LogP contribution in [0.25, 0.3) is 0 Å². The molecule has 0 saturated heterocycles. The van der Waals surface area contributed by atoms with Crippen LogP contribution in [0.15, 0.2) is 16.7 Å². The summed E-state index contributed by atoms with van der Waals surface area (Å²) in [6.45, 7) is 1.93. The molecule has 4 nitrogen and oxygen atoms in total. The van der Waals surface area contributed by atoms with Crippen molar-refractivity contribution in [3.05, 3.63) is 22.4 Å². The van der Waals surface area contributed by atoms with Crippen molar-refractivity contribution in [2.45, 2.75) is 31.9 Å². The first-order chi connectivity index (χ1) is 7.58. The first kappa shape index (κ1) is 11.7. The van der Waals surface area contributed by atoms with Crippen LogP contribution < -0.4 is 5.32 Å². The van der Waals surface area contributed by atoms with Crippen molar-refractivity contribution in [3.63, 3.8) is 0 Å². The molecule has 1 aromatic rings. The summed E-state index contributed by atoms with van der Waals surface area (Å²) >= 11 is 3.38. The van der Waals surface area contributed by atoms with Crippen LogP contribution in [0.5, 0.6) is 0 Å². The van der Waals surface area contributed by atoms with Gasteiger partial charge < -0.3 is 15.0 Å². The number of aliphatic hydroxyl groups is 1. The molecule has 1 aliphatic carbocycles. The Morgan fingerprint density at radius 2 is 2.44 bits per heavy atom. The van der Waals surface area contributed by atoms with Gasteiger partial charge in [0.25, 0.3) is 5.91 Å². The summed E-state index contributed by atoms with van der Waals surface area (Å²) in [4.78, 5) is 11.9. The lowest BCUT2D eigenvalue weighted by atomic mass is 10.3. The van der Waals surface area contributed by atoms with E-state index in [9.17, 15) is 4.79 Å². The molecule has 1 aliphatic rings. The molecule has 88 valence electrons. The molecule has 2 N–H and O–H groups in total. The molecule has 1 saturated carbocycles. The quantitative estimate of drug-likeness (QED) is 0.885. The predicted octanol–water partition coefficient (Wildman–Crippen LogP) is 1.70. The fraction of sp³-hybridized carbons (Fsp3) is 0.545. The number of amides is 1. The van der Waals surface area contributed by atoms with E-state index < -0.39 is 6.10 Å². The van der Waals surface area contributed by atoms with Gasteiger partial charge in [-0.3, -0.25) is 4.79 Å². The molecule has 0 aliphatic heterocycles. The molecule has 1 amide bonds. The smallest absolute Gasteiger partial charge is 0.268 e. The van der Waals surface area contributed by atoms with Crippen LogP contribution >= 0.6 is 15.9 Å². The molecule has 0 bridgehead atoms. The number of hydrogen-bond acceptors (Lipinski definition) is 2. The van der Waals surface area contributed by atoms with Crippen molar-refractivity contribution in [1.29, 1.82) is 0 Å². The van der Waals surface area contributed by atoms with Crippen molar-refractivity contribution in [2.75, 3.05) is 6.54 Å². The average Bonchev–Trinajstić information content (AvgIpc) is 2.98. The van der Waals surface area contributed by atoms with E-state index in [1.54, 1.807) is 6.92 Å². The van der Waals surface area contributed by atoms with Gasteiger partial charge in [-0.25, -0.2) is 0 Å². The van der Waals surface area contributed by atoms with Crippen LogP contribution in [0, 0.1) is 0 Å². The number of nitrogens with one attached hydrogen (secondary N) is 1. The van der Waals surface area contributed by atoms with E-state index in [1.165, 1.54) is 0 Å². The lowest BCUT2D eigenvalue weighted by Crippen LogP contribution is -2.31. The second-order valence-corrected chi connectivity index (χ2v) is 5.16. The lowest BCUT2D eigenvalue weighted by Gasteiger charge is -2.09. The Bertz CT molecular complexity index is 397. The summed E-state index contributed by atoms with van der Waals surface area (Å²) in [5, 5.41) is 11.8.